The summed E-state index contributed by atoms with van der Waals surface area (Å²) in [5, 5.41) is 1.08. The van der Waals surface area contributed by atoms with Gasteiger partial charge in [-0.3, -0.25) is 0 Å². The van der Waals surface area contributed by atoms with Crippen molar-refractivity contribution in [2.75, 3.05) is 18.5 Å². The summed E-state index contributed by atoms with van der Waals surface area (Å²) < 4.78 is 7.56. The number of nitrogens with zero attached hydrogens (tertiary/aromatic N) is 2. The van der Waals surface area contributed by atoms with Crippen molar-refractivity contribution < 1.29 is 4.74 Å². The van der Waals surface area contributed by atoms with Gasteiger partial charge in [0.05, 0.1) is 0 Å². The van der Waals surface area contributed by atoms with Crippen LogP contribution in [0.25, 0.3) is 0 Å². The first-order valence-corrected chi connectivity index (χ1v) is 6.98. The summed E-state index contributed by atoms with van der Waals surface area (Å²) in [4.78, 5) is 4.38. The molecule has 3 nitrogen and oxygen atoms in total. The first-order chi connectivity index (χ1) is 7.76. The van der Waals surface area contributed by atoms with E-state index in [0.717, 1.165) is 25.0 Å². The molecule has 1 aliphatic rings. The molecule has 1 aromatic rings. The average molecular weight is 287 g/mol. The highest BCUT2D eigenvalue weighted by Gasteiger charge is 2.31. The van der Waals surface area contributed by atoms with Gasteiger partial charge in [-0.05, 0) is 24.7 Å². The molecular weight excluding hydrogens is 268 g/mol. The summed E-state index contributed by atoms with van der Waals surface area (Å²) >= 11 is 3.67. The molecule has 90 valence electrons. The lowest BCUT2D eigenvalue weighted by molar-refractivity contribution is 0.0226. The van der Waals surface area contributed by atoms with Crippen molar-refractivity contribution >= 4 is 15.9 Å². The molecule has 1 aliphatic heterocycles. The van der Waals surface area contributed by atoms with Crippen LogP contribution in [0.5, 0.6) is 0 Å². The van der Waals surface area contributed by atoms with Crippen LogP contribution in [0.1, 0.15) is 25.1 Å². The van der Waals surface area contributed by atoms with Crippen LogP contribution in [0.3, 0.4) is 0 Å². The molecule has 1 saturated heterocycles. The second-order valence-corrected chi connectivity index (χ2v) is 5.26. The molecule has 0 spiro atoms. The van der Waals surface area contributed by atoms with E-state index in [9.17, 15) is 0 Å². The Kier molecular flexibility index (Phi) is 4.03. The molecule has 0 amide bonds. The number of imidazole rings is 1. The molecule has 2 heterocycles. The third-order valence-corrected chi connectivity index (χ3v) is 4.83. The van der Waals surface area contributed by atoms with Gasteiger partial charge < -0.3 is 9.30 Å². The second kappa shape index (κ2) is 5.32. The fraction of sp³-hybridized carbons (Fsp3) is 0.750. The zero-order valence-electron chi connectivity index (χ0n) is 9.79. The fourth-order valence-corrected chi connectivity index (χ4v) is 3.11. The highest BCUT2D eigenvalue weighted by molar-refractivity contribution is 9.09. The predicted octanol–water partition coefficient (Wildman–Crippen LogP) is 2.54. The smallest absolute Gasteiger partial charge is 0.108 e. The topological polar surface area (TPSA) is 27.1 Å². The van der Waals surface area contributed by atoms with Gasteiger partial charge in [-0.2, -0.15) is 0 Å². The minimum Gasteiger partial charge on any atom is -0.381 e. The Morgan fingerprint density at radius 3 is 2.81 bits per heavy atom. The maximum Gasteiger partial charge on any atom is 0.108 e. The SMILES string of the molecule is Cn1ccnc1CCC1(CBr)CCOCC1. The number of rotatable bonds is 4. The molecule has 0 bridgehead atoms. The molecule has 16 heavy (non-hydrogen) atoms. The van der Waals surface area contributed by atoms with Gasteiger partial charge in [-0.1, -0.05) is 15.9 Å². The van der Waals surface area contributed by atoms with E-state index in [0.29, 0.717) is 5.41 Å². The van der Waals surface area contributed by atoms with Gasteiger partial charge in [0.1, 0.15) is 5.82 Å². The monoisotopic (exact) mass is 286 g/mol. The molecule has 4 heteroatoms. The molecule has 0 aliphatic carbocycles. The average Bonchev–Trinajstić information content (AvgIpc) is 2.74. The van der Waals surface area contributed by atoms with E-state index in [1.807, 2.05) is 12.4 Å². The van der Waals surface area contributed by atoms with Crippen LogP contribution in [-0.2, 0) is 18.2 Å². The summed E-state index contributed by atoms with van der Waals surface area (Å²) in [6.45, 7) is 1.82. The zero-order chi connectivity index (χ0) is 11.4. The van der Waals surface area contributed by atoms with Gasteiger partial charge in [0.2, 0.25) is 0 Å². The first-order valence-electron chi connectivity index (χ1n) is 5.86. The largest absolute Gasteiger partial charge is 0.381 e. The number of ether oxygens (including phenoxy) is 1. The molecule has 0 aromatic carbocycles. The normalized spacial score (nSPS) is 19.9. The minimum atomic E-state index is 0.421. The number of aromatic nitrogens is 2. The Hall–Kier alpha value is -0.350. The number of aryl methyl sites for hydroxylation is 2. The third-order valence-electron chi connectivity index (χ3n) is 3.64. The molecule has 0 radical (unpaired) electrons. The Morgan fingerprint density at radius 2 is 2.25 bits per heavy atom. The van der Waals surface area contributed by atoms with E-state index in [1.54, 1.807) is 0 Å². The van der Waals surface area contributed by atoms with E-state index in [2.05, 4.69) is 32.5 Å². The van der Waals surface area contributed by atoms with Crippen molar-refractivity contribution in [1.82, 2.24) is 9.55 Å². The van der Waals surface area contributed by atoms with Gasteiger partial charge in [0.15, 0.2) is 0 Å². The van der Waals surface area contributed by atoms with Crippen molar-refractivity contribution in [2.45, 2.75) is 25.7 Å². The van der Waals surface area contributed by atoms with Crippen molar-refractivity contribution in [3.8, 4) is 0 Å². The second-order valence-electron chi connectivity index (χ2n) is 4.70. The van der Waals surface area contributed by atoms with Crippen LogP contribution in [0, 0.1) is 5.41 Å². The van der Waals surface area contributed by atoms with Crippen LogP contribution in [0.15, 0.2) is 12.4 Å². The van der Waals surface area contributed by atoms with Gasteiger partial charge in [0, 0.05) is 44.4 Å². The maximum atomic E-state index is 5.45. The summed E-state index contributed by atoms with van der Waals surface area (Å²) in [6.07, 6.45) is 8.49. The van der Waals surface area contributed by atoms with Crippen LogP contribution < -0.4 is 0 Å². The predicted molar refractivity (Wildman–Crippen MR) is 67.8 cm³/mol. The van der Waals surface area contributed by atoms with E-state index in [-0.39, 0.29) is 0 Å². The van der Waals surface area contributed by atoms with Crippen molar-refractivity contribution in [1.29, 1.82) is 0 Å². The van der Waals surface area contributed by atoms with E-state index in [1.165, 1.54) is 25.1 Å². The van der Waals surface area contributed by atoms with Gasteiger partial charge >= 0.3 is 0 Å². The quantitative estimate of drug-likeness (QED) is 0.796. The van der Waals surface area contributed by atoms with Gasteiger partial charge in [-0.15, -0.1) is 0 Å². The molecule has 0 unspecified atom stereocenters. The molecule has 1 fully saturated rings. The maximum absolute atomic E-state index is 5.45. The van der Waals surface area contributed by atoms with Crippen LogP contribution in [0.2, 0.25) is 0 Å². The highest BCUT2D eigenvalue weighted by Crippen LogP contribution is 2.36. The van der Waals surface area contributed by atoms with Gasteiger partial charge in [-0.25, -0.2) is 4.98 Å². The Morgan fingerprint density at radius 1 is 1.50 bits per heavy atom. The van der Waals surface area contributed by atoms with Crippen molar-refractivity contribution in [3.05, 3.63) is 18.2 Å². The van der Waals surface area contributed by atoms with Crippen LogP contribution >= 0.6 is 15.9 Å². The minimum absolute atomic E-state index is 0.421. The van der Waals surface area contributed by atoms with Crippen LogP contribution in [0.4, 0.5) is 0 Å². The fourth-order valence-electron chi connectivity index (χ4n) is 2.27. The summed E-state index contributed by atoms with van der Waals surface area (Å²) in [5.41, 5.74) is 0.421. The molecular formula is C12H19BrN2O. The van der Waals surface area contributed by atoms with Crippen molar-refractivity contribution in [3.63, 3.8) is 0 Å². The van der Waals surface area contributed by atoms with E-state index < -0.39 is 0 Å². The molecule has 1 aromatic heterocycles. The van der Waals surface area contributed by atoms with Crippen molar-refractivity contribution in [2.24, 2.45) is 12.5 Å². The highest BCUT2D eigenvalue weighted by atomic mass is 79.9. The Balaban J connectivity index is 1.94. The standard InChI is InChI=1S/C12H19BrN2O/c1-15-7-6-14-11(15)2-3-12(10-13)4-8-16-9-5-12/h6-7H,2-5,8-10H2,1H3. The molecule has 0 atom stereocenters. The number of alkyl halides is 1. The summed E-state index contributed by atoms with van der Waals surface area (Å²) in [6, 6.07) is 0. The number of halogens is 1. The lowest BCUT2D eigenvalue weighted by Crippen LogP contribution is -2.31. The molecule has 2 rings (SSSR count). The summed E-state index contributed by atoms with van der Waals surface area (Å²) in [5.74, 6) is 1.19. The Labute approximate surface area is 105 Å². The van der Waals surface area contributed by atoms with E-state index >= 15 is 0 Å². The molecule has 0 N–H and O–H groups in total. The number of hydrogen-bond acceptors (Lipinski definition) is 2. The number of hydrogen-bond donors (Lipinski definition) is 0. The van der Waals surface area contributed by atoms with Gasteiger partial charge in [0.25, 0.3) is 0 Å². The molecule has 0 saturated carbocycles. The zero-order valence-corrected chi connectivity index (χ0v) is 11.4. The lowest BCUT2D eigenvalue weighted by atomic mass is 9.78. The third kappa shape index (κ3) is 2.66. The summed E-state index contributed by atoms with van der Waals surface area (Å²) in [7, 11) is 2.06. The lowest BCUT2D eigenvalue weighted by Gasteiger charge is -2.35. The first kappa shape index (κ1) is 12.1. The Bertz CT molecular complexity index is 332. The van der Waals surface area contributed by atoms with E-state index in [4.69, 9.17) is 4.74 Å². The van der Waals surface area contributed by atoms with Crippen LogP contribution in [-0.4, -0.2) is 28.1 Å².